The predicted octanol–water partition coefficient (Wildman–Crippen LogP) is 5.63. The number of aromatic amines is 1. The normalized spacial score (nSPS) is 12.4. The number of hydrogen-bond acceptors (Lipinski definition) is 6. The smallest absolute Gasteiger partial charge is 0.250 e. The van der Waals surface area contributed by atoms with E-state index in [1.165, 1.54) is 6.08 Å². The van der Waals surface area contributed by atoms with E-state index in [4.69, 9.17) is 9.72 Å². The van der Waals surface area contributed by atoms with Crippen molar-refractivity contribution in [3.05, 3.63) is 97.2 Å². The molecule has 1 aliphatic heterocycles. The summed E-state index contributed by atoms with van der Waals surface area (Å²) in [6.45, 7) is 4.27. The minimum Gasteiger partial charge on any atom is -0.457 e. The Bertz CT molecular complexity index is 1580. The zero-order valence-electron chi connectivity index (χ0n) is 19.3. The van der Waals surface area contributed by atoms with Crippen LogP contribution in [0.4, 0.5) is 17.2 Å². The quantitative estimate of drug-likeness (QED) is 0.310. The van der Waals surface area contributed by atoms with E-state index in [-0.39, 0.29) is 5.91 Å². The van der Waals surface area contributed by atoms with Crippen LogP contribution in [-0.4, -0.2) is 32.6 Å². The third-order valence-electron chi connectivity index (χ3n) is 6.09. The van der Waals surface area contributed by atoms with Gasteiger partial charge < -0.3 is 15.0 Å². The number of ether oxygens (including phenoxy) is 1. The highest BCUT2D eigenvalue weighted by molar-refractivity contribution is 6.03. The van der Waals surface area contributed by atoms with Crippen LogP contribution in [0.5, 0.6) is 11.5 Å². The van der Waals surface area contributed by atoms with Gasteiger partial charge in [0, 0.05) is 23.5 Å². The lowest BCUT2D eigenvalue weighted by Gasteiger charge is -2.16. The first-order valence-corrected chi connectivity index (χ1v) is 11.6. The molecule has 1 aliphatic rings. The molecule has 36 heavy (non-hydrogen) atoms. The number of carbonyl (C=O) groups is 1. The fraction of sp³-hybridized carbons (Fsp3) is 0.0714. The summed E-state index contributed by atoms with van der Waals surface area (Å²) in [5.74, 6) is 2.56. The van der Waals surface area contributed by atoms with Gasteiger partial charge in [0.2, 0.25) is 5.91 Å². The largest absolute Gasteiger partial charge is 0.457 e. The molecule has 2 aromatic heterocycles. The number of anilines is 3. The number of hydrogen-bond donors (Lipinski definition) is 2. The van der Waals surface area contributed by atoms with Gasteiger partial charge in [0.25, 0.3) is 0 Å². The Labute approximate surface area is 207 Å². The summed E-state index contributed by atoms with van der Waals surface area (Å²) in [5, 5.41) is 11.3. The first-order chi connectivity index (χ1) is 17.7. The molecule has 3 aromatic carbocycles. The molecule has 0 bridgehead atoms. The van der Waals surface area contributed by atoms with Gasteiger partial charge in [-0.3, -0.25) is 9.89 Å². The van der Waals surface area contributed by atoms with Crippen LogP contribution < -0.4 is 15.0 Å². The molecule has 0 aliphatic carbocycles. The van der Waals surface area contributed by atoms with Crippen LogP contribution in [0.2, 0.25) is 0 Å². The molecule has 0 unspecified atom stereocenters. The molecule has 8 heteroatoms. The van der Waals surface area contributed by atoms with Crippen molar-refractivity contribution in [1.82, 2.24) is 20.2 Å². The Morgan fingerprint density at radius 3 is 2.64 bits per heavy atom. The van der Waals surface area contributed by atoms with Gasteiger partial charge in [-0.15, -0.1) is 0 Å². The van der Waals surface area contributed by atoms with E-state index in [0.29, 0.717) is 23.8 Å². The summed E-state index contributed by atoms with van der Waals surface area (Å²) in [7, 11) is 0. The van der Waals surface area contributed by atoms with Gasteiger partial charge in [-0.25, -0.2) is 9.97 Å². The van der Waals surface area contributed by atoms with Crippen LogP contribution in [0.25, 0.3) is 22.4 Å². The van der Waals surface area contributed by atoms with Crippen molar-refractivity contribution >= 4 is 34.1 Å². The highest BCUT2D eigenvalue weighted by atomic mass is 16.5. The molecule has 5 aromatic rings. The maximum absolute atomic E-state index is 12.3. The van der Waals surface area contributed by atoms with Gasteiger partial charge >= 0.3 is 0 Å². The minimum absolute atomic E-state index is 0.105. The maximum Gasteiger partial charge on any atom is 0.250 e. The predicted molar refractivity (Wildman–Crippen MR) is 140 cm³/mol. The van der Waals surface area contributed by atoms with Gasteiger partial charge in [-0.2, -0.15) is 5.10 Å². The van der Waals surface area contributed by atoms with Gasteiger partial charge in [-0.05, 0) is 66.6 Å². The van der Waals surface area contributed by atoms with Crippen molar-refractivity contribution in [2.75, 3.05) is 16.8 Å². The second kappa shape index (κ2) is 8.99. The number of para-hydroxylation sites is 1. The third-order valence-corrected chi connectivity index (χ3v) is 6.09. The molecule has 0 atom stereocenters. The summed E-state index contributed by atoms with van der Waals surface area (Å²) in [6, 6.07) is 23.3. The fourth-order valence-corrected chi connectivity index (χ4v) is 4.29. The second-order valence-corrected chi connectivity index (χ2v) is 8.38. The molecular weight excluding hydrogens is 452 g/mol. The molecule has 1 amide bonds. The first kappa shape index (κ1) is 21.5. The standard InChI is InChI=1S/C28H22N6O2/c1-2-25(35)34-15-14-18-8-11-20(16-24(18)34)30-27-23-17-29-33-28(23)32-26(31-27)19-9-12-22(13-10-19)36-21-6-4-3-5-7-21/h2-13,16-17H,1,14-15H2,(H2,29,30,31,32,33). The number of aromatic nitrogens is 4. The Morgan fingerprint density at radius 2 is 1.83 bits per heavy atom. The van der Waals surface area contributed by atoms with Crippen LogP contribution in [0, 0.1) is 0 Å². The highest BCUT2D eigenvalue weighted by Crippen LogP contribution is 2.33. The maximum atomic E-state index is 12.3. The lowest BCUT2D eigenvalue weighted by atomic mass is 10.1. The van der Waals surface area contributed by atoms with E-state index in [1.807, 2.05) is 72.8 Å². The van der Waals surface area contributed by atoms with Crippen LogP contribution in [-0.2, 0) is 11.2 Å². The van der Waals surface area contributed by atoms with E-state index in [1.54, 1.807) is 11.1 Å². The zero-order chi connectivity index (χ0) is 24.5. The van der Waals surface area contributed by atoms with E-state index < -0.39 is 0 Å². The average molecular weight is 475 g/mol. The molecule has 0 radical (unpaired) electrons. The van der Waals surface area contributed by atoms with E-state index in [2.05, 4.69) is 27.1 Å². The van der Waals surface area contributed by atoms with E-state index >= 15 is 0 Å². The van der Waals surface area contributed by atoms with Crippen molar-refractivity contribution in [3.8, 4) is 22.9 Å². The molecule has 0 spiro atoms. The van der Waals surface area contributed by atoms with Crippen molar-refractivity contribution in [2.24, 2.45) is 0 Å². The molecule has 0 fully saturated rings. The molecule has 8 nitrogen and oxygen atoms in total. The average Bonchev–Trinajstić information content (AvgIpc) is 3.56. The molecule has 3 heterocycles. The Kier molecular flexibility index (Phi) is 5.38. The van der Waals surface area contributed by atoms with Crippen LogP contribution in [0.15, 0.2) is 91.6 Å². The molecule has 0 saturated heterocycles. The molecule has 6 rings (SSSR count). The number of H-pyrrole nitrogens is 1. The SMILES string of the molecule is C=CC(=O)N1CCc2ccc(Nc3nc(-c4ccc(Oc5ccccc5)cc4)nc4[nH]ncc34)cc21. The van der Waals surface area contributed by atoms with E-state index in [0.717, 1.165) is 45.8 Å². The topological polar surface area (TPSA) is 96.0 Å². The first-order valence-electron chi connectivity index (χ1n) is 11.6. The lowest BCUT2D eigenvalue weighted by Crippen LogP contribution is -2.26. The number of benzene rings is 3. The van der Waals surface area contributed by atoms with Crippen LogP contribution >= 0.6 is 0 Å². The second-order valence-electron chi connectivity index (χ2n) is 8.38. The highest BCUT2D eigenvalue weighted by Gasteiger charge is 2.23. The lowest BCUT2D eigenvalue weighted by molar-refractivity contribution is -0.114. The summed E-state index contributed by atoms with van der Waals surface area (Å²) in [4.78, 5) is 23.4. The summed E-state index contributed by atoms with van der Waals surface area (Å²) >= 11 is 0. The monoisotopic (exact) mass is 474 g/mol. The minimum atomic E-state index is -0.105. The third kappa shape index (κ3) is 4.05. The van der Waals surface area contributed by atoms with Gasteiger partial charge in [0.05, 0.1) is 11.6 Å². The zero-order valence-corrected chi connectivity index (χ0v) is 19.3. The number of nitrogens with one attached hydrogen (secondary N) is 2. The Balaban J connectivity index is 1.30. The van der Waals surface area contributed by atoms with Crippen LogP contribution in [0.1, 0.15) is 5.56 Å². The number of amides is 1. The Hall–Kier alpha value is -4.98. The van der Waals surface area contributed by atoms with Crippen molar-refractivity contribution in [1.29, 1.82) is 0 Å². The number of rotatable bonds is 6. The summed E-state index contributed by atoms with van der Waals surface area (Å²) in [5.41, 5.74) is 4.29. The van der Waals surface area contributed by atoms with E-state index in [9.17, 15) is 4.79 Å². The summed E-state index contributed by atoms with van der Waals surface area (Å²) in [6.07, 6.45) is 3.86. The van der Waals surface area contributed by atoms with Crippen molar-refractivity contribution < 1.29 is 9.53 Å². The Morgan fingerprint density at radius 1 is 1.03 bits per heavy atom. The van der Waals surface area contributed by atoms with Crippen molar-refractivity contribution in [3.63, 3.8) is 0 Å². The molecule has 2 N–H and O–H groups in total. The van der Waals surface area contributed by atoms with Crippen LogP contribution in [0.3, 0.4) is 0 Å². The molecule has 176 valence electrons. The van der Waals surface area contributed by atoms with Gasteiger partial charge in [-0.1, -0.05) is 30.8 Å². The molecule has 0 saturated carbocycles. The fourth-order valence-electron chi connectivity index (χ4n) is 4.29. The number of fused-ring (bicyclic) bond motifs is 2. The van der Waals surface area contributed by atoms with Crippen molar-refractivity contribution in [2.45, 2.75) is 6.42 Å². The summed E-state index contributed by atoms with van der Waals surface area (Å²) < 4.78 is 5.90. The molecular formula is C28H22N6O2. The van der Waals surface area contributed by atoms with Gasteiger partial charge in [0.1, 0.15) is 17.3 Å². The number of carbonyl (C=O) groups excluding carboxylic acids is 1. The van der Waals surface area contributed by atoms with Gasteiger partial charge in [0.15, 0.2) is 11.5 Å². The number of nitrogens with zero attached hydrogens (tertiary/aromatic N) is 4.